The number of hydrogen-bond donors (Lipinski definition) is 0. The molecule has 0 saturated carbocycles. The van der Waals surface area contributed by atoms with Crippen molar-refractivity contribution in [3.63, 3.8) is 0 Å². The Morgan fingerprint density at radius 3 is 1.64 bits per heavy atom. The zero-order chi connectivity index (χ0) is 11.6. The molecule has 0 aliphatic rings. The quantitative estimate of drug-likeness (QED) is 0.675. The molecule has 0 saturated heterocycles. The Kier molecular flexibility index (Phi) is 4.12. The van der Waals surface area contributed by atoms with Crippen LogP contribution in [0.3, 0.4) is 0 Å². The predicted molar refractivity (Wildman–Crippen MR) is 38.7 cm³/mol. The molecular weight excluding hydrogens is 237 g/mol. The zero-order valence-corrected chi connectivity index (χ0v) is 7.78. The molecule has 86 valence electrons. The maximum absolute atomic E-state index is 12.4. The number of alkyl halides is 7. The van der Waals surface area contributed by atoms with E-state index in [1.165, 1.54) is 6.92 Å². The van der Waals surface area contributed by atoms with E-state index in [-0.39, 0.29) is 6.42 Å². The van der Waals surface area contributed by atoms with Crippen LogP contribution in [0.1, 0.15) is 13.3 Å². The average Bonchev–Trinajstić information content (AvgIpc) is 1.98. The Bertz CT molecular complexity index is 185. The van der Waals surface area contributed by atoms with Gasteiger partial charge in [0.1, 0.15) is 0 Å². The number of rotatable bonds is 4. The molecule has 14 heavy (non-hydrogen) atoms. The van der Waals surface area contributed by atoms with Crippen LogP contribution in [-0.4, -0.2) is 23.1 Å². The van der Waals surface area contributed by atoms with Gasteiger partial charge in [-0.1, -0.05) is 18.7 Å². The molecule has 0 radical (unpaired) electrons. The molecule has 0 bridgehead atoms. The molecule has 0 N–H and O–H groups in total. The molecule has 0 atom stereocenters. The van der Waals surface area contributed by atoms with Crippen molar-refractivity contribution in [2.24, 2.45) is 0 Å². The summed E-state index contributed by atoms with van der Waals surface area (Å²) in [4.78, 5) is 0. The average molecular weight is 244 g/mol. The van der Waals surface area contributed by atoms with Crippen LogP contribution in [0, 0.1) is 0 Å². The normalized spacial score (nSPS) is 14.6. The van der Waals surface area contributed by atoms with E-state index in [1.54, 1.807) is 0 Å². The number of hydrogen-bond acceptors (Lipinski definition) is 1. The molecule has 8 heteroatoms. The smallest absolute Gasteiger partial charge is 0.188 e. The Labute approximate surface area is 79.8 Å². The van der Waals surface area contributed by atoms with Crippen LogP contribution >= 0.6 is 11.8 Å². The van der Waals surface area contributed by atoms with Gasteiger partial charge in [0, 0.05) is 0 Å². The van der Waals surface area contributed by atoms with Gasteiger partial charge in [-0.3, -0.25) is 0 Å². The fourth-order valence-corrected chi connectivity index (χ4v) is 1.24. The van der Waals surface area contributed by atoms with Crippen molar-refractivity contribution in [2.45, 2.75) is 30.7 Å². The maximum atomic E-state index is 12.4. The summed E-state index contributed by atoms with van der Waals surface area (Å²) in [5, 5.41) is -5.11. The molecule has 0 aromatic heterocycles. The van der Waals surface area contributed by atoms with Crippen LogP contribution in [0.4, 0.5) is 30.7 Å². The van der Waals surface area contributed by atoms with Crippen molar-refractivity contribution in [3.8, 4) is 0 Å². The van der Waals surface area contributed by atoms with Crippen molar-refractivity contribution in [1.29, 1.82) is 0 Å². The Morgan fingerprint density at radius 2 is 1.36 bits per heavy atom. The Balaban J connectivity index is 4.69. The van der Waals surface area contributed by atoms with Gasteiger partial charge >= 0.3 is 17.4 Å². The third-order valence-electron chi connectivity index (χ3n) is 1.21. The first kappa shape index (κ1) is 13.9. The third-order valence-corrected chi connectivity index (χ3v) is 2.44. The highest BCUT2D eigenvalue weighted by Crippen LogP contribution is 2.51. The molecule has 0 heterocycles. The molecular formula is C6H7F7S. The highest BCUT2D eigenvalue weighted by atomic mass is 32.2. The highest BCUT2D eigenvalue weighted by Gasteiger charge is 2.73. The van der Waals surface area contributed by atoms with Gasteiger partial charge in [0.2, 0.25) is 0 Å². The topological polar surface area (TPSA) is 0 Å². The molecule has 0 aliphatic carbocycles. The summed E-state index contributed by atoms with van der Waals surface area (Å²) in [5.74, 6) is -6.45. The lowest BCUT2D eigenvalue weighted by atomic mass is 10.3. The number of thioether (sulfide) groups is 1. The van der Waals surface area contributed by atoms with Gasteiger partial charge in [-0.15, -0.1) is 0 Å². The highest BCUT2D eigenvalue weighted by molar-refractivity contribution is 8.00. The second-order valence-corrected chi connectivity index (χ2v) is 3.65. The first-order chi connectivity index (χ1) is 6.06. The van der Waals surface area contributed by atoms with Gasteiger partial charge in [-0.05, 0) is 12.2 Å². The lowest BCUT2D eigenvalue weighted by Gasteiger charge is -2.27. The minimum atomic E-state index is -6.22. The SMILES string of the molecule is CCCSC(F)(F)C(F)(F)C(F)(F)F. The van der Waals surface area contributed by atoms with E-state index in [1.807, 2.05) is 0 Å². The van der Waals surface area contributed by atoms with E-state index in [4.69, 9.17) is 0 Å². The van der Waals surface area contributed by atoms with Gasteiger partial charge in [0.05, 0.1) is 0 Å². The minimum Gasteiger partial charge on any atom is -0.188 e. The summed E-state index contributed by atoms with van der Waals surface area (Å²) in [6.45, 7) is 1.40. The summed E-state index contributed by atoms with van der Waals surface area (Å²) < 4.78 is 83.6. The van der Waals surface area contributed by atoms with Gasteiger partial charge in [0.25, 0.3) is 0 Å². The van der Waals surface area contributed by atoms with E-state index in [0.29, 0.717) is 0 Å². The van der Waals surface area contributed by atoms with Crippen molar-refractivity contribution < 1.29 is 30.7 Å². The van der Waals surface area contributed by atoms with Crippen LogP contribution in [0.2, 0.25) is 0 Å². The molecule has 0 aliphatic heterocycles. The van der Waals surface area contributed by atoms with Gasteiger partial charge in [0.15, 0.2) is 0 Å². The van der Waals surface area contributed by atoms with Crippen LogP contribution in [-0.2, 0) is 0 Å². The van der Waals surface area contributed by atoms with Crippen molar-refractivity contribution in [1.82, 2.24) is 0 Å². The lowest BCUT2D eigenvalue weighted by Crippen LogP contribution is -2.50. The van der Waals surface area contributed by atoms with E-state index in [0.717, 1.165) is 0 Å². The Hall–Kier alpha value is -0.140. The predicted octanol–water partition coefficient (Wildman–Crippen LogP) is 3.92. The fourth-order valence-electron chi connectivity index (χ4n) is 0.486. The second kappa shape index (κ2) is 4.16. The van der Waals surface area contributed by atoms with Gasteiger partial charge < -0.3 is 0 Å². The van der Waals surface area contributed by atoms with Crippen molar-refractivity contribution in [2.75, 3.05) is 5.75 Å². The largest absolute Gasteiger partial charge is 0.460 e. The fraction of sp³-hybridized carbons (Fsp3) is 1.00. The van der Waals surface area contributed by atoms with E-state index in [2.05, 4.69) is 0 Å². The van der Waals surface area contributed by atoms with E-state index in [9.17, 15) is 30.7 Å². The van der Waals surface area contributed by atoms with Crippen LogP contribution in [0.5, 0.6) is 0 Å². The minimum absolute atomic E-state index is 0.0915. The summed E-state index contributed by atoms with van der Waals surface area (Å²) >= 11 is -0.691. The zero-order valence-electron chi connectivity index (χ0n) is 6.97. The Morgan fingerprint density at radius 1 is 0.929 bits per heavy atom. The monoisotopic (exact) mass is 244 g/mol. The summed E-state index contributed by atoms with van der Waals surface area (Å²) in [5.41, 5.74) is 0. The number of halogens is 7. The third kappa shape index (κ3) is 2.68. The van der Waals surface area contributed by atoms with Crippen LogP contribution < -0.4 is 0 Å². The summed E-state index contributed by atoms with van der Waals surface area (Å²) in [6, 6.07) is 0. The van der Waals surface area contributed by atoms with E-state index < -0.39 is 34.9 Å². The summed E-state index contributed by atoms with van der Waals surface area (Å²) in [6.07, 6.45) is -6.13. The molecule has 0 aromatic carbocycles. The van der Waals surface area contributed by atoms with Crippen molar-refractivity contribution >= 4 is 11.8 Å². The van der Waals surface area contributed by atoms with Gasteiger partial charge in [-0.2, -0.15) is 30.7 Å². The molecule has 0 fully saturated rings. The van der Waals surface area contributed by atoms with Crippen LogP contribution in [0.25, 0.3) is 0 Å². The molecule has 0 nitrogen and oxygen atoms in total. The standard InChI is InChI=1S/C6H7F7S/c1-2-3-14-6(12,13)4(7,8)5(9,10)11/h2-3H2,1H3. The van der Waals surface area contributed by atoms with Crippen molar-refractivity contribution in [3.05, 3.63) is 0 Å². The summed E-state index contributed by atoms with van der Waals surface area (Å²) in [7, 11) is 0. The lowest BCUT2D eigenvalue weighted by molar-refractivity contribution is -0.330. The molecule has 0 rings (SSSR count). The maximum Gasteiger partial charge on any atom is 0.460 e. The molecule has 0 spiro atoms. The second-order valence-electron chi connectivity index (χ2n) is 2.44. The first-order valence-corrected chi connectivity index (χ1v) is 4.51. The van der Waals surface area contributed by atoms with Crippen LogP contribution in [0.15, 0.2) is 0 Å². The first-order valence-electron chi connectivity index (χ1n) is 3.52. The molecule has 0 unspecified atom stereocenters. The molecule has 0 amide bonds. The van der Waals surface area contributed by atoms with Gasteiger partial charge in [-0.25, -0.2) is 0 Å². The molecule has 0 aromatic rings. The van der Waals surface area contributed by atoms with E-state index >= 15 is 0 Å².